The molecule has 0 saturated heterocycles. The average molecular weight is 198 g/mol. The van der Waals surface area contributed by atoms with Crippen molar-refractivity contribution >= 4 is 5.78 Å². The van der Waals surface area contributed by atoms with Crippen molar-refractivity contribution in [2.24, 2.45) is 11.8 Å². The molecule has 0 heterocycles. The summed E-state index contributed by atoms with van der Waals surface area (Å²) < 4.78 is 0. The molecule has 1 rings (SSSR count). The Morgan fingerprint density at radius 3 is 2.36 bits per heavy atom. The minimum absolute atomic E-state index is 0.0607. The Morgan fingerprint density at radius 2 is 1.93 bits per heavy atom. The molecule has 82 valence electrons. The zero-order valence-electron chi connectivity index (χ0n) is 9.33. The number of hydrogen-bond donors (Lipinski definition) is 1. The van der Waals surface area contributed by atoms with Gasteiger partial charge < -0.3 is 5.11 Å². The quantitative estimate of drug-likeness (QED) is 0.682. The second kappa shape index (κ2) is 5.50. The van der Waals surface area contributed by atoms with E-state index in [-0.39, 0.29) is 11.7 Å². The Labute approximate surface area is 86.7 Å². The Hall–Kier alpha value is -0.370. The van der Waals surface area contributed by atoms with Crippen LogP contribution in [0.5, 0.6) is 0 Å². The molecule has 1 atom stereocenters. The first-order valence-electron chi connectivity index (χ1n) is 5.89. The Kier molecular flexibility index (Phi) is 4.59. The first-order chi connectivity index (χ1) is 6.69. The third-order valence-electron chi connectivity index (χ3n) is 3.32. The number of carbonyl (C=O) groups is 1. The van der Waals surface area contributed by atoms with Gasteiger partial charge in [-0.1, -0.05) is 39.5 Å². The molecular weight excluding hydrogens is 176 g/mol. The van der Waals surface area contributed by atoms with Crippen LogP contribution >= 0.6 is 0 Å². The van der Waals surface area contributed by atoms with E-state index in [2.05, 4.69) is 0 Å². The number of hydrogen-bond acceptors (Lipinski definition) is 2. The molecule has 0 bridgehead atoms. The monoisotopic (exact) mass is 198 g/mol. The Bertz CT molecular complexity index is 181. The third-order valence-corrected chi connectivity index (χ3v) is 3.32. The van der Waals surface area contributed by atoms with Gasteiger partial charge >= 0.3 is 0 Å². The summed E-state index contributed by atoms with van der Waals surface area (Å²) >= 11 is 0. The molecule has 0 aliphatic heterocycles. The van der Waals surface area contributed by atoms with Crippen LogP contribution < -0.4 is 0 Å². The summed E-state index contributed by atoms with van der Waals surface area (Å²) in [5.74, 6) is 1.01. The summed E-state index contributed by atoms with van der Waals surface area (Å²) in [7, 11) is 0. The van der Waals surface area contributed by atoms with E-state index in [1.54, 1.807) is 0 Å². The van der Waals surface area contributed by atoms with Crippen molar-refractivity contribution in [2.75, 3.05) is 0 Å². The van der Waals surface area contributed by atoms with Gasteiger partial charge in [-0.25, -0.2) is 0 Å². The van der Waals surface area contributed by atoms with Gasteiger partial charge in [-0.2, -0.15) is 0 Å². The van der Waals surface area contributed by atoms with E-state index >= 15 is 0 Å². The van der Waals surface area contributed by atoms with Gasteiger partial charge in [-0.3, -0.25) is 4.79 Å². The highest BCUT2D eigenvalue weighted by molar-refractivity contribution is 5.83. The fourth-order valence-corrected chi connectivity index (χ4v) is 1.90. The minimum atomic E-state index is -0.705. The number of ketones is 1. The van der Waals surface area contributed by atoms with Crippen LogP contribution in [0.25, 0.3) is 0 Å². The number of rotatable bonds is 7. The van der Waals surface area contributed by atoms with Crippen molar-refractivity contribution in [2.45, 2.75) is 58.5 Å². The molecule has 14 heavy (non-hydrogen) atoms. The highest BCUT2D eigenvalue weighted by Gasteiger charge is 2.26. The maximum absolute atomic E-state index is 11.6. The topological polar surface area (TPSA) is 37.3 Å². The minimum Gasteiger partial charge on any atom is -0.385 e. The molecule has 1 fully saturated rings. The van der Waals surface area contributed by atoms with Crippen LogP contribution in [-0.2, 0) is 4.79 Å². The molecule has 0 aromatic heterocycles. The largest absolute Gasteiger partial charge is 0.385 e. The van der Waals surface area contributed by atoms with Crippen molar-refractivity contribution in [1.82, 2.24) is 0 Å². The number of Topliss-reactive ketones (excluding diaryl/α,β-unsaturated/α-hetero) is 1. The maximum Gasteiger partial charge on any atom is 0.161 e. The standard InChI is InChI=1S/C12H22O2/c1-3-10(4-2)12(14)11(13)8-7-9-5-6-9/h9-10,12,14H,3-8H2,1-2H3. The molecule has 1 N–H and O–H groups in total. The van der Waals surface area contributed by atoms with Crippen molar-refractivity contribution in [3.8, 4) is 0 Å². The second-order valence-corrected chi connectivity index (χ2v) is 4.47. The van der Waals surface area contributed by atoms with Gasteiger partial charge in [0.1, 0.15) is 6.10 Å². The van der Waals surface area contributed by atoms with Crippen LogP contribution in [0.15, 0.2) is 0 Å². The fraction of sp³-hybridized carbons (Fsp3) is 0.917. The van der Waals surface area contributed by atoms with E-state index in [1.807, 2.05) is 13.8 Å². The lowest BCUT2D eigenvalue weighted by atomic mass is 9.92. The van der Waals surface area contributed by atoms with Crippen molar-refractivity contribution in [3.05, 3.63) is 0 Å². The number of carbonyl (C=O) groups excluding carboxylic acids is 1. The van der Waals surface area contributed by atoms with Crippen LogP contribution in [0, 0.1) is 11.8 Å². The van der Waals surface area contributed by atoms with E-state index in [4.69, 9.17) is 0 Å². The molecule has 2 heteroatoms. The molecule has 1 aliphatic rings. The molecule has 2 nitrogen and oxygen atoms in total. The third kappa shape index (κ3) is 3.41. The van der Waals surface area contributed by atoms with E-state index in [0.29, 0.717) is 6.42 Å². The molecule has 0 spiro atoms. The first-order valence-corrected chi connectivity index (χ1v) is 5.89. The molecule has 1 unspecified atom stereocenters. The average Bonchev–Trinajstić information content (AvgIpc) is 2.99. The SMILES string of the molecule is CCC(CC)C(O)C(=O)CCC1CC1. The summed E-state index contributed by atoms with van der Waals surface area (Å²) in [6.45, 7) is 4.07. The van der Waals surface area contributed by atoms with Crippen molar-refractivity contribution in [1.29, 1.82) is 0 Å². The number of aliphatic hydroxyl groups excluding tert-OH is 1. The molecule has 1 aliphatic carbocycles. The predicted molar refractivity (Wildman–Crippen MR) is 57.0 cm³/mol. The zero-order valence-corrected chi connectivity index (χ0v) is 9.33. The van der Waals surface area contributed by atoms with E-state index in [1.165, 1.54) is 12.8 Å². The van der Waals surface area contributed by atoms with E-state index < -0.39 is 6.10 Å². The van der Waals surface area contributed by atoms with Gasteiger partial charge in [0.25, 0.3) is 0 Å². The van der Waals surface area contributed by atoms with E-state index in [9.17, 15) is 9.90 Å². The van der Waals surface area contributed by atoms with Crippen LogP contribution in [0.3, 0.4) is 0 Å². The van der Waals surface area contributed by atoms with Gasteiger partial charge in [0, 0.05) is 6.42 Å². The van der Waals surface area contributed by atoms with Crippen molar-refractivity contribution < 1.29 is 9.90 Å². The lowest BCUT2D eigenvalue weighted by Crippen LogP contribution is -2.28. The predicted octanol–water partition coefficient (Wildman–Crippen LogP) is 2.54. The van der Waals surface area contributed by atoms with Gasteiger partial charge in [-0.05, 0) is 18.3 Å². The molecular formula is C12H22O2. The normalized spacial score (nSPS) is 18.6. The van der Waals surface area contributed by atoms with Gasteiger partial charge in [0.05, 0.1) is 0 Å². The lowest BCUT2D eigenvalue weighted by molar-refractivity contribution is -0.130. The second-order valence-electron chi connectivity index (χ2n) is 4.47. The molecule has 0 amide bonds. The fourth-order valence-electron chi connectivity index (χ4n) is 1.90. The first kappa shape index (κ1) is 11.7. The van der Waals surface area contributed by atoms with Crippen LogP contribution in [-0.4, -0.2) is 17.0 Å². The van der Waals surface area contributed by atoms with Crippen LogP contribution in [0.4, 0.5) is 0 Å². The maximum atomic E-state index is 11.6. The molecule has 0 aromatic carbocycles. The Morgan fingerprint density at radius 1 is 1.36 bits per heavy atom. The summed E-state index contributed by atoms with van der Waals surface area (Å²) in [6, 6.07) is 0. The highest BCUT2D eigenvalue weighted by Crippen LogP contribution is 2.33. The zero-order chi connectivity index (χ0) is 10.6. The van der Waals surface area contributed by atoms with E-state index in [0.717, 1.165) is 25.2 Å². The van der Waals surface area contributed by atoms with Crippen LogP contribution in [0.1, 0.15) is 52.4 Å². The van der Waals surface area contributed by atoms with Gasteiger partial charge in [-0.15, -0.1) is 0 Å². The van der Waals surface area contributed by atoms with Crippen LogP contribution in [0.2, 0.25) is 0 Å². The van der Waals surface area contributed by atoms with Crippen molar-refractivity contribution in [3.63, 3.8) is 0 Å². The van der Waals surface area contributed by atoms with Gasteiger partial charge in [0.2, 0.25) is 0 Å². The number of aliphatic hydroxyl groups is 1. The summed E-state index contributed by atoms with van der Waals surface area (Å²) in [5.41, 5.74) is 0. The molecule has 0 aromatic rings. The lowest BCUT2D eigenvalue weighted by Gasteiger charge is -2.18. The molecule has 1 saturated carbocycles. The summed E-state index contributed by atoms with van der Waals surface area (Å²) in [4.78, 5) is 11.6. The highest BCUT2D eigenvalue weighted by atomic mass is 16.3. The van der Waals surface area contributed by atoms with Gasteiger partial charge in [0.15, 0.2) is 5.78 Å². The molecule has 0 radical (unpaired) electrons. The summed E-state index contributed by atoms with van der Waals surface area (Å²) in [5, 5.41) is 9.76. The Balaban J connectivity index is 2.25. The smallest absolute Gasteiger partial charge is 0.161 e. The summed E-state index contributed by atoms with van der Waals surface area (Å²) in [6.07, 6.45) is 5.24.